The first-order valence-electron chi connectivity index (χ1n) is 18.5. The van der Waals surface area contributed by atoms with Gasteiger partial charge in [0.25, 0.3) is 0 Å². The molecule has 0 atom stereocenters. The van der Waals surface area contributed by atoms with Crippen molar-refractivity contribution in [3.8, 4) is 33.4 Å². The predicted molar refractivity (Wildman–Crippen MR) is 221 cm³/mol. The number of benzene rings is 8. The van der Waals surface area contributed by atoms with Gasteiger partial charge in [-0.2, -0.15) is 0 Å². The lowest BCUT2D eigenvalue weighted by Gasteiger charge is -2.34. The fraction of sp³-hybridized carbons (Fsp3) is 0.0189. The summed E-state index contributed by atoms with van der Waals surface area (Å²) in [6.45, 7) is 0. The fourth-order valence-corrected chi connectivity index (χ4v) is 9.43. The van der Waals surface area contributed by atoms with Crippen molar-refractivity contribution in [1.82, 2.24) is 0 Å². The molecule has 0 saturated heterocycles. The van der Waals surface area contributed by atoms with Gasteiger partial charge >= 0.3 is 0 Å². The van der Waals surface area contributed by atoms with Crippen LogP contribution in [0.25, 0.3) is 56.7 Å². The maximum absolute atomic E-state index is 2.36. The molecule has 0 amide bonds. The van der Waals surface area contributed by atoms with Crippen LogP contribution >= 0.6 is 0 Å². The van der Waals surface area contributed by atoms with Crippen LogP contribution in [0.3, 0.4) is 0 Å². The molecule has 0 heteroatoms. The van der Waals surface area contributed by atoms with Crippen LogP contribution in [0.1, 0.15) is 55.6 Å². The summed E-state index contributed by atoms with van der Waals surface area (Å²) in [5.74, 6) is 0. The second-order valence-electron chi connectivity index (χ2n) is 14.4. The molecule has 0 spiro atoms. The maximum atomic E-state index is 2.36. The lowest BCUT2D eigenvalue weighted by Crippen LogP contribution is -2.28. The topological polar surface area (TPSA) is 0 Å². The monoisotopic (exact) mass is 670 g/mol. The quantitative estimate of drug-likeness (QED) is 0.175. The van der Waals surface area contributed by atoms with Crippen molar-refractivity contribution >= 4 is 23.3 Å². The first-order chi connectivity index (χ1) is 26.3. The largest absolute Gasteiger partial charge is 0.0713 e. The zero-order chi connectivity index (χ0) is 34.9. The first kappa shape index (κ1) is 29.9. The van der Waals surface area contributed by atoms with E-state index in [4.69, 9.17) is 0 Å². The number of hydrogen-bond acceptors (Lipinski definition) is 0. The van der Waals surface area contributed by atoms with E-state index in [9.17, 15) is 0 Å². The van der Waals surface area contributed by atoms with E-state index in [0.29, 0.717) is 0 Å². The molecule has 0 fully saturated rings. The highest BCUT2D eigenvalue weighted by Crippen LogP contribution is 2.56. The molecule has 11 rings (SSSR count). The Bertz CT molecular complexity index is 2520. The Balaban J connectivity index is 1.05. The van der Waals surface area contributed by atoms with Crippen molar-refractivity contribution in [3.63, 3.8) is 0 Å². The van der Waals surface area contributed by atoms with Crippen molar-refractivity contribution in [2.24, 2.45) is 0 Å². The first-order valence-corrected chi connectivity index (χ1v) is 18.5. The van der Waals surface area contributed by atoms with Crippen LogP contribution in [-0.2, 0) is 5.41 Å². The molecule has 8 aromatic rings. The summed E-state index contributed by atoms with van der Waals surface area (Å²) in [6.07, 6.45) is 4.72. The van der Waals surface area contributed by atoms with E-state index in [0.717, 1.165) is 0 Å². The Morgan fingerprint density at radius 2 is 0.509 bits per heavy atom. The van der Waals surface area contributed by atoms with Crippen molar-refractivity contribution < 1.29 is 0 Å². The minimum Gasteiger partial charge on any atom is -0.0619 e. The summed E-state index contributed by atoms with van der Waals surface area (Å²) >= 11 is 0. The van der Waals surface area contributed by atoms with Crippen LogP contribution in [-0.4, -0.2) is 0 Å². The van der Waals surface area contributed by atoms with E-state index < -0.39 is 5.41 Å². The van der Waals surface area contributed by atoms with Gasteiger partial charge in [0.15, 0.2) is 0 Å². The zero-order valence-corrected chi connectivity index (χ0v) is 29.1. The molecular weight excluding hydrogens is 637 g/mol. The van der Waals surface area contributed by atoms with Gasteiger partial charge in [0.2, 0.25) is 0 Å². The molecule has 246 valence electrons. The highest BCUT2D eigenvalue weighted by atomic mass is 14.5. The zero-order valence-electron chi connectivity index (χ0n) is 29.1. The Hall–Kier alpha value is -6.76. The van der Waals surface area contributed by atoms with Gasteiger partial charge in [-0.15, -0.1) is 0 Å². The molecule has 3 aliphatic carbocycles. The average molecular weight is 671 g/mol. The van der Waals surface area contributed by atoms with E-state index in [1.54, 1.807) is 0 Å². The summed E-state index contributed by atoms with van der Waals surface area (Å²) in [5, 5.41) is 0. The van der Waals surface area contributed by atoms with E-state index in [1.807, 2.05) is 0 Å². The lowest BCUT2D eigenvalue weighted by molar-refractivity contribution is 0.768. The van der Waals surface area contributed by atoms with E-state index >= 15 is 0 Å². The van der Waals surface area contributed by atoms with Gasteiger partial charge in [0.05, 0.1) is 5.41 Å². The second kappa shape index (κ2) is 11.6. The van der Waals surface area contributed by atoms with Crippen LogP contribution in [0, 0.1) is 0 Å². The third-order valence-electron chi connectivity index (χ3n) is 11.7. The van der Waals surface area contributed by atoms with Gasteiger partial charge in [0.1, 0.15) is 0 Å². The molecule has 0 saturated carbocycles. The summed E-state index contributed by atoms with van der Waals surface area (Å²) in [5.41, 5.74) is 22.8. The molecule has 0 radical (unpaired) electrons. The van der Waals surface area contributed by atoms with Gasteiger partial charge in [-0.05, 0) is 112 Å². The van der Waals surface area contributed by atoms with Crippen molar-refractivity contribution in [3.05, 3.63) is 250 Å². The molecule has 0 heterocycles. The molecule has 3 aliphatic rings. The van der Waals surface area contributed by atoms with Gasteiger partial charge in [-0.3, -0.25) is 0 Å². The van der Waals surface area contributed by atoms with Crippen LogP contribution in [0.5, 0.6) is 0 Å². The highest BCUT2D eigenvalue weighted by Gasteiger charge is 2.45. The van der Waals surface area contributed by atoms with E-state index in [1.165, 1.54) is 100 Å². The second-order valence-corrected chi connectivity index (χ2v) is 14.4. The highest BCUT2D eigenvalue weighted by molar-refractivity contribution is 6.07. The number of rotatable bonds is 4. The molecule has 53 heavy (non-hydrogen) atoms. The SMILES string of the molecule is C(=C1c2ccccc2-c2ccccc21)c1ccc(C2(c3ccc(C=C4c5ccccc5-c5ccccc54)cc3)c3ccccc3-c3ccccc32)cc1. The molecule has 0 unspecified atom stereocenters. The Morgan fingerprint density at radius 3 is 0.830 bits per heavy atom. The smallest absolute Gasteiger partial charge is 0.0619 e. The van der Waals surface area contributed by atoms with Crippen LogP contribution < -0.4 is 0 Å². The van der Waals surface area contributed by atoms with E-state index in [2.05, 4.69) is 206 Å². The third kappa shape index (κ3) is 4.36. The van der Waals surface area contributed by atoms with Gasteiger partial charge in [0, 0.05) is 0 Å². The van der Waals surface area contributed by atoms with Crippen molar-refractivity contribution in [1.29, 1.82) is 0 Å². The van der Waals surface area contributed by atoms with Crippen molar-refractivity contribution in [2.75, 3.05) is 0 Å². The van der Waals surface area contributed by atoms with Gasteiger partial charge < -0.3 is 0 Å². The Labute approximate surface area is 310 Å². The molecule has 0 aliphatic heterocycles. The molecular formula is C53H34. The molecule has 0 aromatic heterocycles. The average Bonchev–Trinajstić information content (AvgIpc) is 3.83. The molecule has 8 aromatic carbocycles. The lowest BCUT2D eigenvalue weighted by atomic mass is 9.67. The molecule has 0 bridgehead atoms. The van der Waals surface area contributed by atoms with E-state index in [-0.39, 0.29) is 0 Å². The summed E-state index contributed by atoms with van der Waals surface area (Å²) in [7, 11) is 0. The van der Waals surface area contributed by atoms with Crippen LogP contribution in [0.2, 0.25) is 0 Å². The van der Waals surface area contributed by atoms with Crippen LogP contribution in [0.4, 0.5) is 0 Å². The Morgan fingerprint density at radius 1 is 0.245 bits per heavy atom. The normalized spacial score (nSPS) is 13.7. The standard InChI is InChI=1S/C53H34/c1-5-17-43-39(13-1)40-14-2-6-18-44(40)49(43)33-35-25-29-37(30-26-35)53(51-23-11-9-21-47(51)48-22-10-12-24-52(48)53)38-31-27-36(28-32-38)34-50-45-19-7-3-15-41(45)42-16-4-8-20-46(42)50/h1-34H. The summed E-state index contributed by atoms with van der Waals surface area (Å²) in [6, 6.07) is 71.8. The minimum atomic E-state index is -0.455. The summed E-state index contributed by atoms with van der Waals surface area (Å²) in [4.78, 5) is 0. The molecule has 0 nitrogen and oxygen atoms in total. The Kier molecular flexibility index (Phi) is 6.57. The number of hydrogen-bond donors (Lipinski definition) is 0. The fourth-order valence-electron chi connectivity index (χ4n) is 9.43. The molecule has 0 N–H and O–H groups in total. The third-order valence-corrected chi connectivity index (χ3v) is 11.7. The maximum Gasteiger partial charge on any atom is 0.0713 e. The van der Waals surface area contributed by atoms with Gasteiger partial charge in [-0.1, -0.05) is 194 Å². The van der Waals surface area contributed by atoms with Gasteiger partial charge in [-0.25, -0.2) is 0 Å². The van der Waals surface area contributed by atoms with Crippen molar-refractivity contribution in [2.45, 2.75) is 5.41 Å². The minimum absolute atomic E-state index is 0.455. The number of fused-ring (bicyclic) bond motifs is 9. The summed E-state index contributed by atoms with van der Waals surface area (Å²) < 4.78 is 0. The van der Waals surface area contributed by atoms with Crippen LogP contribution in [0.15, 0.2) is 194 Å². The predicted octanol–water partition coefficient (Wildman–Crippen LogP) is 13.2.